The Balaban J connectivity index is 1.49. The van der Waals surface area contributed by atoms with E-state index in [2.05, 4.69) is 16.2 Å². The van der Waals surface area contributed by atoms with Gasteiger partial charge in [0.1, 0.15) is 0 Å². The highest BCUT2D eigenvalue weighted by Crippen LogP contribution is 2.51. The van der Waals surface area contributed by atoms with Crippen molar-refractivity contribution >= 4 is 9.24 Å². The Morgan fingerprint density at radius 1 is 0.484 bits per heavy atom. The van der Waals surface area contributed by atoms with Gasteiger partial charge in [0, 0.05) is 0 Å². The lowest BCUT2D eigenvalue weighted by Gasteiger charge is -2.47. The summed E-state index contributed by atoms with van der Waals surface area (Å²) in [4.78, 5) is 0. The van der Waals surface area contributed by atoms with Gasteiger partial charge in [-0.1, -0.05) is 142 Å². The summed E-state index contributed by atoms with van der Waals surface area (Å²) in [5.41, 5.74) is 0. The van der Waals surface area contributed by atoms with Crippen LogP contribution in [0.3, 0.4) is 0 Å². The van der Waals surface area contributed by atoms with E-state index >= 15 is 0 Å². The Kier molecular flexibility index (Phi) is 15.9. The molecule has 0 saturated heterocycles. The topological polar surface area (TPSA) is 0 Å². The minimum Gasteiger partial charge on any atom is -0.131 e. The van der Waals surface area contributed by atoms with Crippen molar-refractivity contribution in [3.05, 3.63) is 0 Å². The Labute approximate surface area is 200 Å². The minimum absolute atomic E-state index is 0.595. The third-order valence-corrected chi connectivity index (χ3v) is 10.2. The molecular weight excluding hydrogens is 391 g/mol. The van der Waals surface area contributed by atoms with Crippen LogP contribution in [-0.2, 0) is 0 Å². The molecule has 2 saturated carbocycles. The summed E-state index contributed by atoms with van der Waals surface area (Å²) in [6.45, 7) is 2.31. The van der Waals surface area contributed by atoms with Crippen LogP contribution in [-0.4, -0.2) is 5.16 Å². The quantitative estimate of drug-likeness (QED) is 0.144. The van der Waals surface area contributed by atoms with Gasteiger partial charge in [-0.2, -0.15) is 0 Å². The normalized spacial score (nSPS) is 19.2. The van der Waals surface area contributed by atoms with Crippen LogP contribution in [0.5, 0.6) is 0 Å². The summed E-state index contributed by atoms with van der Waals surface area (Å²) in [6, 6.07) is 0. The standard InChI is InChI=1S/C30H59P/c1-2-3-4-5-6-7-8-9-10-11-12-13-14-15-22-27-30(31,28-23-18-16-19-24-28)29-25-20-17-21-26-29/h28-29H,2-27,31H2,1H3. The molecule has 2 aliphatic rings. The number of unbranched alkanes of at least 4 members (excludes halogenated alkanes) is 14. The second-order valence-corrected chi connectivity index (χ2v) is 12.6. The van der Waals surface area contributed by atoms with E-state index in [1.165, 1.54) is 167 Å². The molecule has 31 heavy (non-hydrogen) atoms. The van der Waals surface area contributed by atoms with Crippen molar-refractivity contribution in [1.82, 2.24) is 0 Å². The minimum atomic E-state index is 0.595. The third kappa shape index (κ3) is 11.4. The van der Waals surface area contributed by atoms with E-state index in [0.717, 1.165) is 11.8 Å². The van der Waals surface area contributed by atoms with Gasteiger partial charge in [0.2, 0.25) is 0 Å². The molecule has 0 N–H and O–H groups in total. The molecule has 0 aromatic rings. The summed E-state index contributed by atoms with van der Waals surface area (Å²) in [6.07, 6.45) is 38.8. The van der Waals surface area contributed by atoms with E-state index in [-0.39, 0.29) is 0 Å². The fourth-order valence-electron chi connectivity index (χ4n) is 6.82. The third-order valence-electron chi connectivity index (χ3n) is 8.94. The van der Waals surface area contributed by atoms with Crippen molar-refractivity contribution < 1.29 is 0 Å². The molecule has 0 amide bonds. The van der Waals surface area contributed by atoms with Crippen molar-refractivity contribution in [1.29, 1.82) is 0 Å². The highest BCUT2D eigenvalue weighted by atomic mass is 31.0. The van der Waals surface area contributed by atoms with Gasteiger partial charge in [0.25, 0.3) is 0 Å². The molecule has 2 aliphatic carbocycles. The summed E-state index contributed by atoms with van der Waals surface area (Å²) in [7, 11) is 3.50. The number of hydrogen-bond donors (Lipinski definition) is 0. The maximum atomic E-state index is 3.50. The molecule has 2 fully saturated rings. The average molecular weight is 451 g/mol. The van der Waals surface area contributed by atoms with Crippen molar-refractivity contribution in [3.8, 4) is 0 Å². The van der Waals surface area contributed by atoms with Crippen molar-refractivity contribution in [2.75, 3.05) is 0 Å². The van der Waals surface area contributed by atoms with E-state index in [9.17, 15) is 0 Å². The maximum Gasteiger partial charge on any atom is -0.00938 e. The van der Waals surface area contributed by atoms with Gasteiger partial charge in [-0.25, -0.2) is 0 Å². The Bertz CT molecular complexity index is 373. The van der Waals surface area contributed by atoms with Gasteiger partial charge < -0.3 is 0 Å². The first kappa shape index (κ1) is 27.7. The first-order valence-electron chi connectivity index (χ1n) is 15.1. The molecule has 0 radical (unpaired) electrons. The fourth-order valence-corrected chi connectivity index (χ4v) is 7.69. The van der Waals surface area contributed by atoms with Crippen molar-refractivity contribution in [3.63, 3.8) is 0 Å². The molecule has 184 valence electrons. The van der Waals surface area contributed by atoms with Crippen molar-refractivity contribution in [2.24, 2.45) is 11.8 Å². The zero-order valence-corrected chi connectivity index (χ0v) is 22.8. The smallest absolute Gasteiger partial charge is 0.00938 e. The van der Waals surface area contributed by atoms with Gasteiger partial charge in [-0.15, -0.1) is 9.24 Å². The second-order valence-electron chi connectivity index (χ2n) is 11.5. The van der Waals surface area contributed by atoms with Gasteiger partial charge in [0.05, 0.1) is 0 Å². The average Bonchev–Trinajstić information content (AvgIpc) is 2.82. The van der Waals surface area contributed by atoms with E-state index in [1.54, 1.807) is 0 Å². The van der Waals surface area contributed by atoms with Crippen LogP contribution in [0.15, 0.2) is 0 Å². The van der Waals surface area contributed by atoms with Gasteiger partial charge in [0.15, 0.2) is 0 Å². The van der Waals surface area contributed by atoms with Crippen LogP contribution in [0.1, 0.15) is 174 Å². The molecule has 0 aromatic carbocycles. The summed E-state index contributed by atoms with van der Waals surface area (Å²) < 4.78 is 0. The van der Waals surface area contributed by atoms with Crippen molar-refractivity contribution in [2.45, 2.75) is 179 Å². The summed E-state index contributed by atoms with van der Waals surface area (Å²) >= 11 is 0. The van der Waals surface area contributed by atoms with Gasteiger partial charge in [-0.3, -0.25) is 0 Å². The second kappa shape index (κ2) is 17.8. The van der Waals surface area contributed by atoms with Crippen LogP contribution < -0.4 is 0 Å². The fraction of sp³-hybridized carbons (Fsp3) is 1.00. The maximum absolute atomic E-state index is 3.50. The zero-order valence-electron chi connectivity index (χ0n) is 21.6. The molecule has 2 rings (SSSR count). The lowest BCUT2D eigenvalue weighted by atomic mass is 9.67. The van der Waals surface area contributed by atoms with E-state index in [4.69, 9.17) is 0 Å². The molecule has 0 nitrogen and oxygen atoms in total. The highest BCUT2D eigenvalue weighted by Gasteiger charge is 2.41. The van der Waals surface area contributed by atoms with E-state index < -0.39 is 0 Å². The molecule has 0 bridgehead atoms. The first-order valence-corrected chi connectivity index (χ1v) is 15.6. The van der Waals surface area contributed by atoms with E-state index in [1.807, 2.05) is 0 Å². The molecule has 1 unspecified atom stereocenters. The Morgan fingerprint density at radius 3 is 1.16 bits per heavy atom. The zero-order chi connectivity index (χ0) is 22.0. The van der Waals surface area contributed by atoms with Crippen LogP contribution >= 0.6 is 9.24 Å². The Morgan fingerprint density at radius 2 is 0.806 bits per heavy atom. The predicted octanol–water partition coefficient (Wildman–Crippen LogP) is 11.0. The monoisotopic (exact) mass is 450 g/mol. The first-order chi connectivity index (χ1) is 15.3. The lowest BCUT2D eigenvalue weighted by Crippen LogP contribution is -2.41. The molecule has 1 atom stereocenters. The van der Waals surface area contributed by atoms with Crippen LogP contribution in [0.25, 0.3) is 0 Å². The predicted molar refractivity (Wildman–Crippen MR) is 145 cm³/mol. The summed E-state index contributed by atoms with van der Waals surface area (Å²) in [5, 5.41) is 0.595. The molecular formula is C30H59P. The highest BCUT2D eigenvalue weighted by molar-refractivity contribution is 7.19. The number of hydrogen-bond acceptors (Lipinski definition) is 0. The number of rotatable bonds is 18. The van der Waals surface area contributed by atoms with Gasteiger partial charge in [-0.05, 0) is 49.1 Å². The molecule has 0 aliphatic heterocycles. The SMILES string of the molecule is CCCCCCCCCCCCCCCCCC(P)(C1CCCCC1)C1CCCCC1. The largest absolute Gasteiger partial charge is 0.131 e. The van der Waals surface area contributed by atoms with E-state index in [0.29, 0.717) is 5.16 Å². The summed E-state index contributed by atoms with van der Waals surface area (Å²) in [5.74, 6) is 2.03. The van der Waals surface area contributed by atoms with Gasteiger partial charge >= 0.3 is 0 Å². The lowest BCUT2D eigenvalue weighted by molar-refractivity contribution is 0.162. The molecule has 0 heterocycles. The molecule has 0 aromatic heterocycles. The van der Waals surface area contributed by atoms with Crippen LogP contribution in [0.4, 0.5) is 0 Å². The molecule has 1 heteroatoms. The molecule has 0 spiro atoms. The Hall–Kier alpha value is 0.430. The van der Waals surface area contributed by atoms with Crippen LogP contribution in [0, 0.1) is 11.8 Å². The van der Waals surface area contributed by atoms with Crippen LogP contribution in [0.2, 0.25) is 0 Å².